The van der Waals surface area contributed by atoms with Crippen LogP contribution in [-0.2, 0) is 22.1 Å². The van der Waals surface area contributed by atoms with Crippen LogP contribution in [0.1, 0.15) is 38.4 Å². The van der Waals surface area contributed by atoms with Crippen LogP contribution in [0.25, 0.3) is 0 Å². The van der Waals surface area contributed by atoms with Gasteiger partial charge in [0.2, 0.25) is 0 Å². The Morgan fingerprint density at radius 3 is 2.52 bits per heavy atom. The van der Waals surface area contributed by atoms with Gasteiger partial charge in [0.25, 0.3) is 5.91 Å². The molecule has 180 valence electrons. The summed E-state index contributed by atoms with van der Waals surface area (Å²) in [5.41, 5.74) is -1.37. The van der Waals surface area contributed by atoms with E-state index in [9.17, 15) is 22.4 Å². The van der Waals surface area contributed by atoms with Crippen LogP contribution in [0.15, 0.2) is 42.6 Å². The van der Waals surface area contributed by atoms with Crippen molar-refractivity contribution in [3.05, 3.63) is 59.7 Å². The number of amides is 1. The SMILES string of the molecule is C.CC1OC2(CCN(CCc3ccccc3F)CC2)CN(c2cccnc2C(F)(F)F)C1=O. The first-order valence-corrected chi connectivity index (χ1v) is 10.7. The van der Waals surface area contributed by atoms with Gasteiger partial charge in [0.05, 0.1) is 17.8 Å². The molecule has 3 heterocycles. The fourth-order valence-corrected chi connectivity index (χ4v) is 4.52. The van der Waals surface area contributed by atoms with Crippen LogP contribution in [-0.4, -0.2) is 53.7 Å². The molecule has 0 aliphatic carbocycles. The van der Waals surface area contributed by atoms with E-state index < -0.39 is 29.5 Å². The van der Waals surface area contributed by atoms with Crippen LogP contribution in [0.2, 0.25) is 0 Å². The van der Waals surface area contributed by atoms with E-state index >= 15 is 0 Å². The van der Waals surface area contributed by atoms with Gasteiger partial charge in [-0.1, -0.05) is 25.6 Å². The van der Waals surface area contributed by atoms with Crippen molar-refractivity contribution in [3.63, 3.8) is 0 Å². The summed E-state index contributed by atoms with van der Waals surface area (Å²) in [6.07, 6.45) is -2.73. The highest BCUT2D eigenvalue weighted by Gasteiger charge is 2.48. The minimum absolute atomic E-state index is 0. The molecule has 2 fully saturated rings. The lowest BCUT2D eigenvalue weighted by Crippen LogP contribution is -2.62. The van der Waals surface area contributed by atoms with E-state index in [0.29, 0.717) is 44.5 Å². The fourth-order valence-electron chi connectivity index (χ4n) is 4.52. The van der Waals surface area contributed by atoms with Gasteiger partial charge in [0, 0.05) is 25.8 Å². The molecule has 2 aliphatic rings. The smallest absolute Gasteiger partial charge is 0.360 e. The molecular formula is C24H29F4N3O2. The summed E-state index contributed by atoms with van der Waals surface area (Å²) in [7, 11) is 0. The maximum Gasteiger partial charge on any atom is 0.435 e. The predicted molar refractivity (Wildman–Crippen MR) is 117 cm³/mol. The first-order chi connectivity index (χ1) is 15.2. The van der Waals surface area contributed by atoms with E-state index in [1.807, 2.05) is 0 Å². The van der Waals surface area contributed by atoms with Crippen molar-refractivity contribution in [2.45, 2.75) is 51.5 Å². The molecule has 2 saturated heterocycles. The van der Waals surface area contributed by atoms with E-state index in [4.69, 9.17) is 4.74 Å². The standard InChI is InChI=1S/C23H25F4N3O2.CH4/c1-16-21(31)30(19-7-4-11-28-20(19)23(25,26)27)15-22(32-16)9-13-29(14-10-22)12-8-17-5-2-3-6-18(17)24;/h2-7,11,16H,8-10,12-15H2,1H3;1H4. The highest BCUT2D eigenvalue weighted by atomic mass is 19.4. The second-order valence-corrected chi connectivity index (χ2v) is 8.42. The van der Waals surface area contributed by atoms with Crippen LogP contribution in [0.5, 0.6) is 0 Å². The third-order valence-corrected chi connectivity index (χ3v) is 6.26. The summed E-state index contributed by atoms with van der Waals surface area (Å²) in [4.78, 5) is 19.6. The molecule has 1 amide bonds. The molecule has 0 N–H and O–H groups in total. The maximum absolute atomic E-state index is 13.9. The Morgan fingerprint density at radius 2 is 1.85 bits per heavy atom. The number of benzene rings is 1. The third-order valence-electron chi connectivity index (χ3n) is 6.26. The number of aromatic nitrogens is 1. The number of rotatable bonds is 4. The zero-order valence-corrected chi connectivity index (χ0v) is 17.7. The number of ether oxygens (including phenoxy) is 1. The summed E-state index contributed by atoms with van der Waals surface area (Å²) in [5, 5.41) is 0. The Morgan fingerprint density at radius 1 is 1.15 bits per heavy atom. The van der Waals surface area contributed by atoms with Gasteiger partial charge in [0.15, 0.2) is 5.69 Å². The van der Waals surface area contributed by atoms with E-state index in [0.717, 1.165) is 6.20 Å². The summed E-state index contributed by atoms with van der Waals surface area (Å²) >= 11 is 0. The molecule has 1 aromatic heterocycles. The monoisotopic (exact) mass is 467 g/mol. The van der Waals surface area contributed by atoms with Gasteiger partial charge in [-0.2, -0.15) is 13.2 Å². The molecule has 4 rings (SSSR count). The molecule has 1 atom stereocenters. The molecule has 0 bridgehead atoms. The molecule has 1 spiro atoms. The van der Waals surface area contributed by atoms with E-state index in [-0.39, 0.29) is 25.5 Å². The van der Waals surface area contributed by atoms with Crippen LogP contribution in [0.3, 0.4) is 0 Å². The lowest BCUT2D eigenvalue weighted by Gasteiger charge is -2.49. The lowest BCUT2D eigenvalue weighted by molar-refractivity contribution is -0.162. The average Bonchev–Trinajstić information content (AvgIpc) is 2.76. The van der Waals surface area contributed by atoms with Crippen LogP contribution in [0, 0.1) is 5.82 Å². The zero-order valence-electron chi connectivity index (χ0n) is 17.7. The van der Waals surface area contributed by atoms with Gasteiger partial charge in [-0.25, -0.2) is 9.37 Å². The highest BCUT2D eigenvalue weighted by molar-refractivity contribution is 5.97. The number of carbonyl (C=O) groups excluding carboxylic acids is 1. The van der Waals surface area contributed by atoms with Crippen molar-refractivity contribution in [1.29, 1.82) is 0 Å². The zero-order chi connectivity index (χ0) is 22.9. The summed E-state index contributed by atoms with van der Waals surface area (Å²) in [6, 6.07) is 9.35. The molecule has 5 nitrogen and oxygen atoms in total. The van der Waals surface area contributed by atoms with Gasteiger partial charge in [-0.05, 0) is 49.9 Å². The van der Waals surface area contributed by atoms with Crippen molar-refractivity contribution in [2.75, 3.05) is 31.1 Å². The fraction of sp³-hybridized carbons (Fsp3) is 0.500. The van der Waals surface area contributed by atoms with E-state index in [1.165, 1.54) is 23.1 Å². The molecular weight excluding hydrogens is 438 g/mol. The second kappa shape index (κ2) is 9.77. The number of carbonyl (C=O) groups is 1. The number of likely N-dealkylation sites (tertiary alicyclic amines) is 1. The Bertz CT molecular complexity index is 974. The van der Waals surface area contributed by atoms with Gasteiger partial charge < -0.3 is 14.5 Å². The van der Waals surface area contributed by atoms with E-state index in [1.54, 1.807) is 25.1 Å². The van der Waals surface area contributed by atoms with Crippen molar-refractivity contribution in [2.24, 2.45) is 0 Å². The first kappa shape index (κ1) is 25.1. The van der Waals surface area contributed by atoms with Gasteiger partial charge in [0.1, 0.15) is 11.9 Å². The Hall–Kier alpha value is -2.52. The molecule has 1 aromatic carbocycles. The van der Waals surface area contributed by atoms with Crippen molar-refractivity contribution in [3.8, 4) is 0 Å². The van der Waals surface area contributed by atoms with Crippen molar-refractivity contribution >= 4 is 11.6 Å². The predicted octanol–water partition coefficient (Wildman–Crippen LogP) is 4.70. The minimum atomic E-state index is -4.67. The quantitative estimate of drug-likeness (QED) is 0.612. The molecule has 2 aromatic rings. The number of halogens is 4. The first-order valence-electron chi connectivity index (χ1n) is 10.7. The number of pyridine rings is 1. The van der Waals surface area contributed by atoms with Crippen LogP contribution < -0.4 is 4.90 Å². The number of piperidine rings is 1. The third kappa shape index (κ3) is 5.35. The topological polar surface area (TPSA) is 45.7 Å². The van der Waals surface area contributed by atoms with Gasteiger partial charge in [-0.15, -0.1) is 0 Å². The number of hydrogen-bond donors (Lipinski definition) is 0. The van der Waals surface area contributed by atoms with Gasteiger partial charge >= 0.3 is 6.18 Å². The molecule has 0 saturated carbocycles. The summed E-state index contributed by atoms with van der Waals surface area (Å²) < 4.78 is 60.4. The average molecular weight is 468 g/mol. The Labute approximate surface area is 191 Å². The molecule has 2 aliphatic heterocycles. The van der Waals surface area contributed by atoms with Crippen LogP contribution in [0.4, 0.5) is 23.2 Å². The van der Waals surface area contributed by atoms with Crippen LogP contribution >= 0.6 is 0 Å². The highest BCUT2D eigenvalue weighted by Crippen LogP contribution is 2.39. The number of hydrogen-bond acceptors (Lipinski definition) is 4. The Balaban J connectivity index is 0.00000306. The van der Waals surface area contributed by atoms with Gasteiger partial charge in [-0.3, -0.25) is 4.79 Å². The minimum Gasteiger partial charge on any atom is -0.360 e. The molecule has 33 heavy (non-hydrogen) atoms. The lowest BCUT2D eigenvalue weighted by atomic mass is 9.88. The van der Waals surface area contributed by atoms with E-state index in [2.05, 4.69) is 9.88 Å². The molecule has 1 unspecified atom stereocenters. The summed E-state index contributed by atoms with van der Waals surface area (Å²) in [5.74, 6) is -0.729. The maximum atomic E-state index is 13.9. The van der Waals surface area contributed by atoms with Crippen molar-refractivity contribution in [1.82, 2.24) is 9.88 Å². The summed E-state index contributed by atoms with van der Waals surface area (Å²) in [6.45, 7) is 3.61. The Kier molecular flexibility index (Phi) is 7.43. The number of alkyl halides is 3. The second-order valence-electron chi connectivity index (χ2n) is 8.42. The number of morpholine rings is 1. The number of anilines is 1. The molecule has 9 heteroatoms. The normalized spacial score (nSPS) is 21.2. The van der Waals surface area contributed by atoms with Crippen molar-refractivity contribution < 1.29 is 27.1 Å². The largest absolute Gasteiger partial charge is 0.435 e. The molecule has 0 radical (unpaired) electrons. The number of nitrogens with zero attached hydrogens (tertiary/aromatic N) is 3.